The number of anilines is 2. The van der Waals surface area contributed by atoms with Crippen molar-refractivity contribution in [1.29, 1.82) is 0 Å². The Balaban J connectivity index is 0.00000529. The molecule has 3 aromatic carbocycles. The van der Waals surface area contributed by atoms with E-state index in [1.807, 2.05) is 45.9 Å². The topological polar surface area (TPSA) is 116 Å². The van der Waals surface area contributed by atoms with Gasteiger partial charge >= 0.3 is 5.97 Å². The van der Waals surface area contributed by atoms with E-state index in [2.05, 4.69) is 5.32 Å². The molecule has 231 valence electrons. The zero-order valence-electron chi connectivity index (χ0n) is 25.2. The number of nitrogens with zero attached hydrogens (tertiary/aromatic N) is 1. The predicted octanol–water partition coefficient (Wildman–Crippen LogP) is 6.50. The third-order valence-electron chi connectivity index (χ3n) is 7.65. The molecule has 2 atom stereocenters. The summed E-state index contributed by atoms with van der Waals surface area (Å²) in [6.07, 6.45) is -1.99. The first-order valence-electron chi connectivity index (χ1n) is 14.0. The summed E-state index contributed by atoms with van der Waals surface area (Å²) in [6.45, 7) is 7.70. The molecule has 1 radical (unpaired) electrons. The van der Waals surface area contributed by atoms with Gasteiger partial charge in [-0.05, 0) is 72.9 Å². The summed E-state index contributed by atoms with van der Waals surface area (Å²) in [5, 5.41) is 22.6. The monoisotopic (exact) mass is 853 g/mol. The Morgan fingerprint density at radius 3 is 2.45 bits per heavy atom. The van der Waals surface area contributed by atoms with Gasteiger partial charge in [-0.3, -0.25) is 14.4 Å². The number of carbonyl (C=O) groups excluding carboxylic acids is 2. The van der Waals surface area contributed by atoms with Gasteiger partial charge in [0, 0.05) is 85.3 Å². The minimum absolute atomic E-state index is 0. The first-order chi connectivity index (χ1) is 20.3. The molecule has 8 nitrogen and oxygen atoms in total. The maximum absolute atomic E-state index is 14.2. The number of benzene rings is 3. The van der Waals surface area contributed by atoms with Crippen LogP contribution in [0.3, 0.4) is 0 Å². The van der Waals surface area contributed by atoms with Crippen molar-refractivity contribution in [3.05, 3.63) is 92.5 Å². The van der Waals surface area contributed by atoms with E-state index in [4.69, 9.17) is 33.0 Å². The average molecular weight is 855 g/mol. The zero-order chi connectivity index (χ0) is 31.5. The van der Waals surface area contributed by atoms with E-state index < -0.39 is 35.4 Å². The summed E-state index contributed by atoms with van der Waals surface area (Å²) < 4.78 is 6.56. The third-order valence-corrected chi connectivity index (χ3v) is 8.22. The largest absolute Gasteiger partial charge is 0.481 e. The van der Waals surface area contributed by atoms with Crippen LogP contribution < -0.4 is 10.2 Å². The molecule has 0 bridgehead atoms. The molecule has 3 N–H and O–H groups in total. The second-order valence-electron chi connectivity index (χ2n) is 11.7. The molecule has 2 amide bonds. The smallest absolute Gasteiger partial charge is 0.303 e. The van der Waals surface area contributed by atoms with Crippen molar-refractivity contribution in [3.63, 3.8) is 0 Å². The first kappa shape index (κ1) is 36.5. The van der Waals surface area contributed by atoms with Gasteiger partial charge in [0.05, 0.1) is 17.1 Å². The molecule has 3 aromatic rings. The number of carboxylic acid groups (broad SMARTS) is 1. The van der Waals surface area contributed by atoms with Gasteiger partial charge in [-0.1, -0.05) is 61.3 Å². The molecular formula is C33H36AcCl2N2O6. The average Bonchev–Trinajstić information content (AvgIpc) is 3.05. The van der Waals surface area contributed by atoms with Gasteiger partial charge in [0.15, 0.2) is 0 Å². The van der Waals surface area contributed by atoms with Crippen molar-refractivity contribution < 1.29 is 73.4 Å². The van der Waals surface area contributed by atoms with Crippen LogP contribution in [0.1, 0.15) is 60.6 Å². The fourth-order valence-corrected chi connectivity index (χ4v) is 5.43. The Bertz CT molecular complexity index is 1550. The fourth-order valence-electron chi connectivity index (χ4n) is 5.09. The third kappa shape index (κ3) is 8.84. The van der Waals surface area contributed by atoms with Crippen molar-refractivity contribution in [3.8, 4) is 0 Å². The van der Waals surface area contributed by atoms with Crippen molar-refractivity contribution in [2.24, 2.45) is 5.41 Å². The van der Waals surface area contributed by atoms with Crippen molar-refractivity contribution in [2.75, 3.05) is 23.4 Å². The van der Waals surface area contributed by atoms with E-state index in [-0.39, 0.29) is 81.5 Å². The van der Waals surface area contributed by atoms with Crippen LogP contribution in [0.4, 0.5) is 11.4 Å². The number of amides is 2. The Morgan fingerprint density at radius 1 is 1.05 bits per heavy atom. The van der Waals surface area contributed by atoms with Crippen LogP contribution in [0.15, 0.2) is 54.6 Å². The van der Waals surface area contributed by atoms with Gasteiger partial charge in [-0.2, -0.15) is 0 Å². The molecule has 1 aliphatic heterocycles. The van der Waals surface area contributed by atoms with E-state index in [0.29, 0.717) is 27.5 Å². The quantitative estimate of drug-likeness (QED) is 0.215. The summed E-state index contributed by atoms with van der Waals surface area (Å²) in [7, 11) is 0. The Labute approximate surface area is 303 Å². The van der Waals surface area contributed by atoms with Crippen molar-refractivity contribution in [2.45, 2.75) is 59.2 Å². The molecule has 44 heavy (non-hydrogen) atoms. The number of nitrogens with one attached hydrogen (secondary N) is 1. The zero-order valence-corrected chi connectivity index (χ0v) is 31.5. The van der Waals surface area contributed by atoms with Crippen LogP contribution in [0.5, 0.6) is 0 Å². The molecule has 0 saturated carbocycles. The second-order valence-corrected chi connectivity index (χ2v) is 12.5. The summed E-state index contributed by atoms with van der Waals surface area (Å²) in [5.74, 6) is -1.85. The molecule has 1 heterocycles. The molecule has 0 fully saturated rings. The number of ether oxygens (including phenoxy) is 1. The molecule has 0 aromatic heterocycles. The van der Waals surface area contributed by atoms with Gasteiger partial charge in [0.1, 0.15) is 12.2 Å². The summed E-state index contributed by atoms with van der Waals surface area (Å²) >= 11 is 12.8. The standard InChI is InChI=1S/C33H36Cl2N2O6.Ac/c1-19-6-5-7-23(20(19)2)31-24-15-22(34)10-12-27(24)37(17-33(3,4)18-38)32(42)28(43-31)16-29(39)36-26-14-21(8-11-25(26)35)9-13-30(40)41;/h5-8,10-12,14-15,28,31,38H,9,13,16-18H2,1-4H3,(H,36,39)(H,40,41);/t28-,31-;/m1./s1. The Hall–Kier alpha value is -1.99. The number of carboxylic acids is 1. The number of aryl methyl sites for hydroxylation is 2. The van der Waals surface area contributed by atoms with Crippen LogP contribution in [0.25, 0.3) is 0 Å². The maximum Gasteiger partial charge on any atom is 0.303 e. The number of fused-ring (bicyclic) bond motifs is 1. The van der Waals surface area contributed by atoms with Crippen LogP contribution in [-0.4, -0.2) is 47.3 Å². The number of aliphatic hydroxyl groups is 1. The minimum Gasteiger partial charge on any atom is -0.481 e. The van der Waals surface area contributed by atoms with E-state index in [0.717, 1.165) is 16.7 Å². The normalized spacial score (nSPS) is 16.5. The molecule has 0 unspecified atom stereocenters. The summed E-state index contributed by atoms with van der Waals surface area (Å²) in [4.78, 5) is 40.2. The molecule has 1 aliphatic rings. The minimum atomic E-state index is -1.18. The van der Waals surface area contributed by atoms with Crippen LogP contribution >= 0.6 is 23.2 Å². The maximum atomic E-state index is 14.2. The van der Waals surface area contributed by atoms with E-state index >= 15 is 0 Å². The summed E-state index contributed by atoms with van der Waals surface area (Å²) in [5.41, 5.74) is 4.52. The molecule has 0 spiro atoms. The van der Waals surface area contributed by atoms with Crippen LogP contribution in [-0.2, 0) is 25.5 Å². The van der Waals surface area contributed by atoms with Crippen molar-refractivity contribution in [1.82, 2.24) is 0 Å². The first-order valence-corrected chi connectivity index (χ1v) is 14.8. The van der Waals surface area contributed by atoms with Crippen molar-refractivity contribution >= 4 is 52.4 Å². The number of hydrogen-bond acceptors (Lipinski definition) is 5. The number of halogens is 2. The van der Waals surface area contributed by atoms with Gasteiger partial charge in [-0.15, -0.1) is 0 Å². The SMILES string of the molecule is Cc1cccc([C@H]2O[C@H](CC(=O)Nc3cc(CCC(=O)O)ccc3Cl)C(=O)N(CC(C)(C)CO)c3ccc(Cl)cc32)c1C.[Ac]. The number of aliphatic carboxylic acids is 1. The second kappa shape index (κ2) is 15.5. The van der Waals surface area contributed by atoms with Gasteiger partial charge in [-0.25, -0.2) is 0 Å². The number of carbonyl (C=O) groups is 3. The molecule has 0 aliphatic carbocycles. The molecule has 0 saturated heterocycles. The molecular weight excluding hydrogens is 818 g/mol. The van der Waals surface area contributed by atoms with Gasteiger partial charge in [0.2, 0.25) is 5.91 Å². The number of aliphatic hydroxyl groups excluding tert-OH is 1. The van der Waals surface area contributed by atoms with Gasteiger partial charge < -0.3 is 25.2 Å². The Morgan fingerprint density at radius 2 is 1.77 bits per heavy atom. The fraction of sp³-hybridized carbons (Fsp3) is 0.364. The molecule has 4 rings (SSSR count). The molecule has 11 heteroatoms. The van der Waals surface area contributed by atoms with Crippen LogP contribution in [0, 0.1) is 63.3 Å². The summed E-state index contributed by atoms with van der Waals surface area (Å²) in [6, 6.07) is 16.0. The predicted molar refractivity (Wildman–Crippen MR) is 168 cm³/mol. The number of hydrogen-bond donors (Lipinski definition) is 3. The van der Waals surface area contributed by atoms with E-state index in [1.54, 1.807) is 41.3 Å². The Kier molecular flexibility index (Phi) is 12.9. The number of rotatable bonds is 10. The van der Waals surface area contributed by atoms with E-state index in [1.165, 1.54) is 0 Å². The van der Waals surface area contributed by atoms with Gasteiger partial charge in [0.25, 0.3) is 5.91 Å². The van der Waals surface area contributed by atoms with E-state index in [9.17, 15) is 19.5 Å². The van der Waals surface area contributed by atoms with Crippen LogP contribution in [0.2, 0.25) is 10.0 Å².